The number of hydrogen-bond acceptors (Lipinski definition) is 8. The van der Waals surface area contributed by atoms with Crippen molar-refractivity contribution in [2.75, 3.05) is 49.4 Å². The third kappa shape index (κ3) is 7.57. The minimum absolute atomic E-state index is 0.0587. The highest BCUT2D eigenvalue weighted by Crippen LogP contribution is 2.35. The third-order valence-corrected chi connectivity index (χ3v) is 3.89. The third-order valence-electron chi connectivity index (χ3n) is 3.89. The summed E-state index contributed by atoms with van der Waals surface area (Å²) in [5.74, 6) is -0.854. The first-order valence-corrected chi connectivity index (χ1v) is 9.22. The van der Waals surface area contributed by atoms with Crippen LogP contribution in [0.15, 0.2) is 36.2 Å². The van der Waals surface area contributed by atoms with Crippen LogP contribution in [0.5, 0.6) is 5.75 Å². The number of nitrogens with zero attached hydrogens (tertiary/aromatic N) is 1. The van der Waals surface area contributed by atoms with Crippen molar-refractivity contribution in [2.24, 2.45) is 0 Å². The van der Waals surface area contributed by atoms with E-state index < -0.39 is 11.9 Å². The van der Waals surface area contributed by atoms with E-state index in [2.05, 4.69) is 18.5 Å². The van der Waals surface area contributed by atoms with Crippen LogP contribution >= 0.6 is 0 Å². The second-order valence-corrected chi connectivity index (χ2v) is 6.61. The van der Waals surface area contributed by atoms with Crippen LogP contribution in [0.25, 0.3) is 0 Å². The number of anilines is 3. The molecule has 9 nitrogen and oxygen atoms in total. The maximum atomic E-state index is 11.7. The van der Waals surface area contributed by atoms with E-state index in [0.717, 1.165) is 0 Å². The Morgan fingerprint density at radius 1 is 1.07 bits per heavy atom. The van der Waals surface area contributed by atoms with Crippen LogP contribution in [0.3, 0.4) is 0 Å². The van der Waals surface area contributed by atoms with Crippen LogP contribution in [0, 0.1) is 0 Å². The van der Waals surface area contributed by atoms with Gasteiger partial charge in [0.2, 0.25) is 5.91 Å². The number of esters is 2. The molecule has 0 fully saturated rings. The number of nitrogens with one attached hydrogen (secondary N) is 1. The first-order chi connectivity index (χ1) is 14.1. The second-order valence-electron chi connectivity index (χ2n) is 6.61. The molecule has 0 aromatic heterocycles. The van der Waals surface area contributed by atoms with Gasteiger partial charge >= 0.3 is 11.9 Å². The van der Waals surface area contributed by atoms with Crippen molar-refractivity contribution >= 4 is 50.6 Å². The van der Waals surface area contributed by atoms with Crippen molar-refractivity contribution in [3.8, 4) is 5.75 Å². The SMILES string of the molecule is BC(=C)C(=O)OCCN(CCOC(=O)C(B)=C)c1cc(NC(C)=O)c(N)cc1OC. The molecule has 3 N–H and O–H groups in total. The molecule has 160 valence electrons. The molecule has 0 bridgehead atoms. The predicted octanol–water partition coefficient (Wildman–Crippen LogP) is -0.578. The van der Waals surface area contributed by atoms with Gasteiger partial charge < -0.3 is 30.2 Å². The van der Waals surface area contributed by atoms with Gasteiger partial charge in [-0.25, -0.2) is 9.59 Å². The molecule has 11 heteroatoms. The lowest BCUT2D eigenvalue weighted by Gasteiger charge is -2.27. The highest BCUT2D eigenvalue weighted by Gasteiger charge is 2.17. The van der Waals surface area contributed by atoms with Crippen LogP contribution in [0.4, 0.5) is 17.1 Å². The molecule has 0 aliphatic carbocycles. The highest BCUT2D eigenvalue weighted by molar-refractivity contribution is 6.35. The molecule has 0 saturated heterocycles. The number of amides is 1. The zero-order valence-corrected chi connectivity index (χ0v) is 17.9. The van der Waals surface area contributed by atoms with Crippen LogP contribution < -0.4 is 20.7 Å². The Morgan fingerprint density at radius 2 is 1.57 bits per heavy atom. The molecule has 0 saturated carbocycles. The summed E-state index contributed by atoms with van der Waals surface area (Å²) in [6, 6.07) is 3.23. The number of hydrogen-bond donors (Lipinski definition) is 2. The van der Waals surface area contributed by atoms with Crippen LogP contribution in [0.1, 0.15) is 6.92 Å². The quantitative estimate of drug-likeness (QED) is 0.213. The Bertz CT molecular complexity index is 812. The average molecular weight is 415 g/mol. The zero-order chi connectivity index (χ0) is 22.8. The monoisotopic (exact) mass is 415 g/mol. The maximum absolute atomic E-state index is 11.7. The summed E-state index contributed by atoms with van der Waals surface area (Å²) in [5.41, 5.74) is 7.87. The minimum Gasteiger partial charge on any atom is -0.495 e. The van der Waals surface area contributed by atoms with Crippen molar-refractivity contribution in [3.63, 3.8) is 0 Å². The Hall–Kier alpha value is -3.36. The molecule has 0 heterocycles. The number of benzene rings is 1. The lowest BCUT2D eigenvalue weighted by molar-refractivity contribution is -0.138. The van der Waals surface area contributed by atoms with Gasteiger partial charge in [-0.1, -0.05) is 13.2 Å². The molecule has 0 aliphatic heterocycles. The second kappa shape index (κ2) is 11.6. The van der Waals surface area contributed by atoms with Gasteiger partial charge in [0.25, 0.3) is 0 Å². The number of nitrogen functional groups attached to an aromatic ring is 1. The smallest absolute Gasteiger partial charge is 0.323 e. The predicted molar refractivity (Wildman–Crippen MR) is 121 cm³/mol. The lowest BCUT2D eigenvalue weighted by Crippen LogP contribution is -2.33. The molecule has 1 rings (SSSR count). The number of carbonyl (C=O) groups excluding carboxylic acids is 3. The van der Waals surface area contributed by atoms with Gasteiger partial charge in [-0.05, 0) is 17.0 Å². The Morgan fingerprint density at radius 3 is 1.97 bits per heavy atom. The van der Waals surface area contributed by atoms with E-state index in [1.165, 1.54) is 14.0 Å². The number of methoxy groups -OCH3 is 1. The van der Waals surface area contributed by atoms with Crippen LogP contribution in [0.2, 0.25) is 0 Å². The van der Waals surface area contributed by atoms with Gasteiger partial charge in [0.1, 0.15) is 34.7 Å². The van der Waals surface area contributed by atoms with E-state index in [1.54, 1.807) is 32.7 Å². The molecule has 1 amide bonds. The number of rotatable bonds is 11. The van der Waals surface area contributed by atoms with Crippen molar-refractivity contribution in [2.45, 2.75) is 6.92 Å². The average Bonchev–Trinajstić information content (AvgIpc) is 2.67. The summed E-state index contributed by atoms with van der Waals surface area (Å²) < 4.78 is 15.8. The minimum atomic E-state index is -0.508. The number of ether oxygens (including phenoxy) is 3. The number of carbonyl (C=O) groups is 3. The van der Waals surface area contributed by atoms with Gasteiger partial charge in [-0.3, -0.25) is 4.79 Å². The molecule has 1 aromatic rings. The molecule has 30 heavy (non-hydrogen) atoms. The Labute approximate surface area is 178 Å². The van der Waals surface area contributed by atoms with Crippen molar-refractivity contribution < 1.29 is 28.6 Å². The van der Waals surface area contributed by atoms with Crippen molar-refractivity contribution in [3.05, 3.63) is 36.2 Å². The molecule has 0 unspecified atom stereocenters. The number of nitrogens with two attached hydrogens (primary N) is 1. The lowest BCUT2D eigenvalue weighted by atomic mass is 9.99. The van der Waals surface area contributed by atoms with Crippen LogP contribution in [-0.4, -0.2) is 67.0 Å². The van der Waals surface area contributed by atoms with Gasteiger partial charge in [0.05, 0.1) is 37.3 Å². The fraction of sp³-hybridized carbons (Fsp3) is 0.316. The summed E-state index contributed by atoms with van der Waals surface area (Å²) in [6.45, 7) is 9.11. The summed E-state index contributed by atoms with van der Waals surface area (Å²) in [6.07, 6.45) is 0. The normalized spacial score (nSPS) is 9.93. The Kier molecular flexibility index (Phi) is 9.54. The topological polar surface area (TPSA) is 120 Å². The fourth-order valence-electron chi connectivity index (χ4n) is 2.39. The standard InChI is InChI=1S/C19H27B2N3O6/c1-11(20)18(26)29-7-5-24(6-8-30-19(27)12(2)21)16-10-15(23-13(3)25)14(22)9-17(16)28-4/h9-10H,1-2,5-8,20-22H2,3-4H3,(H,23,25). The first-order valence-electron chi connectivity index (χ1n) is 9.22. The molecule has 0 aliphatic rings. The zero-order valence-electron chi connectivity index (χ0n) is 17.9. The van der Waals surface area contributed by atoms with Crippen molar-refractivity contribution in [1.29, 1.82) is 0 Å². The molecule has 0 atom stereocenters. The van der Waals surface area contributed by atoms with Crippen molar-refractivity contribution in [1.82, 2.24) is 0 Å². The fourth-order valence-corrected chi connectivity index (χ4v) is 2.39. The first kappa shape index (κ1) is 24.7. The molecular weight excluding hydrogens is 388 g/mol. The van der Waals surface area contributed by atoms with E-state index in [1.807, 2.05) is 0 Å². The molecule has 0 radical (unpaired) electrons. The van der Waals surface area contributed by atoms with E-state index in [0.29, 0.717) is 22.8 Å². The van der Waals surface area contributed by atoms with E-state index in [4.69, 9.17) is 19.9 Å². The summed E-state index contributed by atoms with van der Waals surface area (Å²) in [4.78, 5) is 36.6. The van der Waals surface area contributed by atoms with Gasteiger partial charge in [0, 0.05) is 13.0 Å². The Balaban J connectivity index is 3.12. The van der Waals surface area contributed by atoms with E-state index in [-0.39, 0.29) is 43.2 Å². The van der Waals surface area contributed by atoms with Crippen LogP contribution in [-0.2, 0) is 23.9 Å². The summed E-state index contributed by atoms with van der Waals surface area (Å²) in [7, 11) is 4.59. The summed E-state index contributed by atoms with van der Waals surface area (Å²) >= 11 is 0. The van der Waals surface area contributed by atoms with Gasteiger partial charge in [0.15, 0.2) is 0 Å². The summed E-state index contributed by atoms with van der Waals surface area (Å²) in [5, 5.41) is 2.66. The molecule has 1 aromatic carbocycles. The van der Waals surface area contributed by atoms with Gasteiger partial charge in [-0.15, -0.1) is 0 Å². The largest absolute Gasteiger partial charge is 0.495 e. The maximum Gasteiger partial charge on any atom is 0.323 e. The van der Waals surface area contributed by atoms with E-state index in [9.17, 15) is 14.4 Å². The van der Waals surface area contributed by atoms with E-state index >= 15 is 0 Å². The molecular formula is C19H27B2N3O6. The molecule has 0 spiro atoms. The highest BCUT2D eigenvalue weighted by atomic mass is 16.5. The van der Waals surface area contributed by atoms with Gasteiger partial charge in [-0.2, -0.15) is 0 Å².